The van der Waals surface area contributed by atoms with Crippen LogP contribution in [0.1, 0.15) is 38.7 Å². The number of benzene rings is 1. The van der Waals surface area contributed by atoms with Crippen LogP contribution >= 0.6 is 0 Å². The molecule has 3 rings (SSSR count). The van der Waals surface area contributed by atoms with Gasteiger partial charge in [-0.1, -0.05) is 6.42 Å². The van der Waals surface area contributed by atoms with Gasteiger partial charge in [-0.25, -0.2) is 8.42 Å². The number of nitrogens with zero attached hydrogens (tertiary/aromatic N) is 1. The lowest BCUT2D eigenvalue weighted by molar-refractivity contribution is 0.204. The van der Waals surface area contributed by atoms with Gasteiger partial charge in [0.1, 0.15) is 5.75 Å². The van der Waals surface area contributed by atoms with Crippen LogP contribution in [0.15, 0.2) is 23.1 Å². The van der Waals surface area contributed by atoms with E-state index in [9.17, 15) is 8.42 Å². The first kappa shape index (κ1) is 13.9. The van der Waals surface area contributed by atoms with Crippen molar-refractivity contribution in [1.29, 1.82) is 0 Å². The van der Waals surface area contributed by atoms with E-state index in [1.165, 1.54) is 0 Å². The number of hydrogen-bond acceptors (Lipinski definition) is 3. The third-order valence-corrected chi connectivity index (χ3v) is 6.47. The van der Waals surface area contributed by atoms with Crippen molar-refractivity contribution in [3.8, 4) is 5.75 Å². The summed E-state index contributed by atoms with van der Waals surface area (Å²) in [5.74, 6) is 0.823. The number of rotatable bonds is 2. The van der Waals surface area contributed by atoms with Crippen molar-refractivity contribution in [2.45, 2.75) is 56.5 Å². The zero-order chi connectivity index (χ0) is 14.3. The Morgan fingerprint density at radius 1 is 1.20 bits per heavy atom. The van der Waals surface area contributed by atoms with Crippen LogP contribution in [0.2, 0.25) is 0 Å². The van der Waals surface area contributed by atoms with Crippen LogP contribution in [0.25, 0.3) is 0 Å². The fourth-order valence-corrected chi connectivity index (χ4v) is 5.25. The Labute approximate surface area is 120 Å². The molecule has 0 spiro atoms. The van der Waals surface area contributed by atoms with Gasteiger partial charge in [0.25, 0.3) is 0 Å². The number of piperidine rings is 1. The lowest BCUT2D eigenvalue weighted by Gasteiger charge is -2.37. The lowest BCUT2D eigenvalue weighted by atomic mass is 10.0. The third kappa shape index (κ3) is 2.23. The van der Waals surface area contributed by atoms with Crippen LogP contribution in [-0.2, 0) is 16.4 Å². The summed E-state index contributed by atoms with van der Waals surface area (Å²) in [5, 5.41) is 0. The molecule has 0 saturated carbocycles. The van der Waals surface area contributed by atoms with E-state index in [0.717, 1.165) is 37.0 Å². The van der Waals surface area contributed by atoms with Crippen molar-refractivity contribution in [1.82, 2.24) is 4.31 Å². The molecule has 1 aromatic rings. The van der Waals surface area contributed by atoms with E-state index >= 15 is 0 Å². The molecule has 4 nitrogen and oxygen atoms in total. The molecule has 2 atom stereocenters. The Morgan fingerprint density at radius 2 is 1.90 bits per heavy atom. The Kier molecular flexibility index (Phi) is 3.50. The molecule has 1 saturated heterocycles. The van der Waals surface area contributed by atoms with Crippen LogP contribution in [0.4, 0.5) is 0 Å². The highest BCUT2D eigenvalue weighted by Gasteiger charge is 2.36. The summed E-state index contributed by atoms with van der Waals surface area (Å²) >= 11 is 0. The molecule has 1 fully saturated rings. The molecule has 0 bridgehead atoms. The summed E-state index contributed by atoms with van der Waals surface area (Å²) in [6.45, 7) is 4.66. The zero-order valence-electron chi connectivity index (χ0n) is 12.0. The molecule has 110 valence electrons. The van der Waals surface area contributed by atoms with E-state index in [4.69, 9.17) is 4.74 Å². The first-order valence-corrected chi connectivity index (χ1v) is 8.73. The van der Waals surface area contributed by atoms with Gasteiger partial charge in [-0.05, 0) is 50.5 Å². The number of fused-ring (bicyclic) bond motifs is 1. The van der Waals surface area contributed by atoms with E-state index in [0.29, 0.717) is 11.5 Å². The Bertz CT molecular complexity index is 602. The Balaban J connectivity index is 1.99. The molecular formula is C15H21NO3S. The standard InChI is InChI=1S/C15H21NO3S/c1-11-4-3-5-12(2)16(11)20(17,18)14-6-7-15-13(10-14)8-9-19-15/h6-7,10-12H,3-5,8-9H2,1-2H3. The second kappa shape index (κ2) is 5.04. The highest BCUT2D eigenvalue weighted by molar-refractivity contribution is 7.89. The topological polar surface area (TPSA) is 46.6 Å². The molecule has 2 aliphatic rings. The Hall–Kier alpha value is -1.07. The molecule has 5 heteroatoms. The minimum Gasteiger partial charge on any atom is -0.493 e. The molecule has 2 aliphatic heterocycles. The van der Waals surface area contributed by atoms with Crippen molar-refractivity contribution < 1.29 is 13.2 Å². The van der Waals surface area contributed by atoms with Crippen molar-refractivity contribution in [3.63, 3.8) is 0 Å². The minimum atomic E-state index is -3.40. The van der Waals surface area contributed by atoms with Gasteiger partial charge in [-0.15, -0.1) is 0 Å². The van der Waals surface area contributed by atoms with Crippen molar-refractivity contribution >= 4 is 10.0 Å². The van der Waals surface area contributed by atoms with Crippen molar-refractivity contribution in [2.75, 3.05) is 6.61 Å². The second-order valence-corrected chi connectivity index (χ2v) is 7.68. The quantitative estimate of drug-likeness (QED) is 0.842. The minimum absolute atomic E-state index is 0.0771. The van der Waals surface area contributed by atoms with E-state index in [1.807, 2.05) is 13.8 Å². The van der Waals surface area contributed by atoms with Gasteiger partial charge in [0.2, 0.25) is 10.0 Å². The average molecular weight is 295 g/mol. The van der Waals surface area contributed by atoms with Crippen LogP contribution < -0.4 is 4.74 Å². The predicted octanol–water partition coefficient (Wildman–Crippen LogP) is 2.57. The van der Waals surface area contributed by atoms with Gasteiger partial charge in [-0.3, -0.25) is 0 Å². The summed E-state index contributed by atoms with van der Waals surface area (Å²) in [4.78, 5) is 0.405. The summed E-state index contributed by atoms with van der Waals surface area (Å²) in [5.41, 5.74) is 1.00. The summed E-state index contributed by atoms with van der Waals surface area (Å²) in [6, 6.07) is 5.40. The maximum Gasteiger partial charge on any atom is 0.243 e. The monoisotopic (exact) mass is 295 g/mol. The van der Waals surface area contributed by atoms with Crippen molar-refractivity contribution in [3.05, 3.63) is 23.8 Å². The predicted molar refractivity (Wildman–Crippen MR) is 77.4 cm³/mol. The highest BCUT2D eigenvalue weighted by Crippen LogP contribution is 2.33. The molecule has 1 aromatic carbocycles. The van der Waals surface area contributed by atoms with Crippen LogP contribution in [0.5, 0.6) is 5.75 Å². The highest BCUT2D eigenvalue weighted by atomic mass is 32.2. The fraction of sp³-hybridized carbons (Fsp3) is 0.600. The third-order valence-electron chi connectivity index (χ3n) is 4.35. The molecule has 0 radical (unpaired) electrons. The average Bonchev–Trinajstić information content (AvgIpc) is 2.85. The van der Waals surface area contributed by atoms with Crippen molar-refractivity contribution in [2.24, 2.45) is 0 Å². The first-order valence-electron chi connectivity index (χ1n) is 7.29. The van der Waals surface area contributed by atoms with Gasteiger partial charge >= 0.3 is 0 Å². The normalized spacial score (nSPS) is 27.1. The molecule has 2 unspecified atom stereocenters. The van der Waals surface area contributed by atoms with Gasteiger partial charge in [0.15, 0.2) is 0 Å². The summed E-state index contributed by atoms with van der Waals surface area (Å²) in [7, 11) is -3.40. The molecule has 0 aliphatic carbocycles. The van der Waals surface area contributed by atoms with Crippen LogP contribution in [0, 0.1) is 0 Å². The van der Waals surface area contributed by atoms with E-state index < -0.39 is 10.0 Å². The molecular weight excluding hydrogens is 274 g/mol. The van der Waals surface area contributed by atoms with Gasteiger partial charge in [0.05, 0.1) is 11.5 Å². The molecule has 2 heterocycles. The molecule has 0 amide bonds. The first-order chi connectivity index (χ1) is 9.50. The number of sulfonamides is 1. The number of hydrogen-bond donors (Lipinski definition) is 0. The van der Waals surface area contributed by atoms with E-state index in [1.54, 1.807) is 22.5 Å². The van der Waals surface area contributed by atoms with Crippen LogP contribution in [-0.4, -0.2) is 31.4 Å². The molecule has 0 N–H and O–H groups in total. The fourth-order valence-electron chi connectivity index (χ4n) is 3.32. The number of ether oxygens (including phenoxy) is 1. The largest absolute Gasteiger partial charge is 0.493 e. The zero-order valence-corrected chi connectivity index (χ0v) is 12.8. The second-order valence-electron chi connectivity index (χ2n) is 5.83. The maximum absolute atomic E-state index is 12.9. The van der Waals surface area contributed by atoms with E-state index in [-0.39, 0.29) is 12.1 Å². The lowest BCUT2D eigenvalue weighted by Crippen LogP contribution is -2.47. The smallest absolute Gasteiger partial charge is 0.243 e. The van der Waals surface area contributed by atoms with Crippen LogP contribution in [0.3, 0.4) is 0 Å². The molecule has 20 heavy (non-hydrogen) atoms. The molecule has 0 aromatic heterocycles. The Morgan fingerprint density at radius 3 is 2.60 bits per heavy atom. The van der Waals surface area contributed by atoms with Gasteiger partial charge < -0.3 is 4.74 Å². The SMILES string of the molecule is CC1CCCC(C)N1S(=O)(=O)c1ccc2c(c1)CCO2. The van der Waals surface area contributed by atoms with E-state index in [2.05, 4.69) is 0 Å². The maximum atomic E-state index is 12.9. The summed E-state index contributed by atoms with van der Waals surface area (Å²) in [6.07, 6.45) is 3.78. The van der Waals surface area contributed by atoms with Gasteiger partial charge in [-0.2, -0.15) is 4.31 Å². The van der Waals surface area contributed by atoms with Gasteiger partial charge in [0, 0.05) is 18.5 Å². The summed E-state index contributed by atoms with van der Waals surface area (Å²) < 4.78 is 32.9.